The molecule has 0 saturated heterocycles. The third kappa shape index (κ3) is 4.03. The van der Waals surface area contributed by atoms with Gasteiger partial charge in [0.25, 0.3) is 11.5 Å². The van der Waals surface area contributed by atoms with Crippen LogP contribution in [0, 0.1) is 29.1 Å². The molecule has 3 aromatic carbocycles. The van der Waals surface area contributed by atoms with Gasteiger partial charge in [0.05, 0.1) is 24.6 Å². The van der Waals surface area contributed by atoms with Crippen LogP contribution in [0.3, 0.4) is 0 Å². The van der Waals surface area contributed by atoms with E-state index in [9.17, 15) is 31.5 Å². The van der Waals surface area contributed by atoms with E-state index in [0.717, 1.165) is 30.3 Å². The number of carbonyl (C=O) groups excluding carboxylic acids is 1. The summed E-state index contributed by atoms with van der Waals surface area (Å²) >= 11 is 0. The summed E-state index contributed by atoms with van der Waals surface area (Å²) in [6.45, 7) is -0.0237. The fourth-order valence-corrected chi connectivity index (χ4v) is 4.48. The van der Waals surface area contributed by atoms with E-state index in [1.54, 1.807) is 0 Å². The number of hydrogen-bond donors (Lipinski definition) is 1. The van der Waals surface area contributed by atoms with E-state index in [0.29, 0.717) is 17.3 Å². The Morgan fingerprint density at radius 3 is 2.25 bits per heavy atom. The van der Waals surface area contributed by atoms with Gasteiger partial charge >= 0.3 is 0 Å². The fourth-order valence-electron chi connectivity index (χ4n) is 4.48. The van der Waals surface area contributed by atoms with E-state index in [1.807, 2.05) is 0 Å². The second-order valence-electron chi connectivity index (χ2n) is 8.46. The highest BCUT2D eigenvalue weighted by Crippen LogP contribution is 2.34. The fraction of sp³-hybridized carbons (Fsp3) is 0.154. The quantitative estimate of drug-likeness (QED) is 0.392. The number of hydrogen-bond acceptors (Lipinski definition) is 3. The van der Waals surface area contributed by atoms with Crippen molar-refractivity contribution in [1.29, 1.82) is 0 Å². The number of aromatic nitrogens is 1. The van der Waals surface area contributed by atoms with E-state index in [-0.39, 0.29) is 40.7 Å². The number of carbonyl (C=O) groups is 1. The number of benzene rings is 3. The molecule has 10 heteroatoms. The monoisotopic (exact) mass is 500 g/mol. The summed E-state index contributed by atoms with van der Waals surface area (Å²) in [4.78, 5) is 29.5. The summed E-state index contributed by atoms with van der Waals surface area (Å²) in [6, 6.07) is 6.98. The normalized spacial score (nSPS) is 15.1. The third-order valence-corrected chi connectivity index (χ3v) is 6.22. The first-order valence-electron chi connectivity index (χ1n) is 10.8. The molecule has 1 aliphatic rings. The number of halogens is 5. The molecule has 4 aromatic rings. The Labute approximate surface area is 200 Å². The van der Waals surface area contributed by atoms with Crippen LogP contribution in [0.15, 0.2) is 53.3 Å². The van der Waals surface area contributed by atoms with E-state index in [1.165, 1.54) is 24.1 Å². The van der Waals surface area contributed by atoms with Crippen molar-refractivity contribution in [2.24, 2.45) is 0 Å². The standard InChI is InChI=1S/C26H17F5N2O3/c1-33(26(35)12-2-3-16(19(29)6-12)13-4-14(27)7-15(28)5-13)23-11-36-10-22-24(23)17-8-20(30)21(31)9-18(17)25(34)32-22/h2-9,23H,10-11H2,1H3,(H,32,34)/t23-/m1/s1. The Morgan fingerprint density at radius 2 is 1.58 bits per heavy atom. The number of amides is 1. The molecule has 1 atom stereocenters. The summed E-state index contributed by atoms with van der Waals surface area (Å²) in [6.07, 6.45) is 0. The van der Waals surface area contributed by atoms with Crippen molar-refractivity contribution < 1.29 is 31.5 Å². The minimum Gasteiger partial charge on any atom is -0.373 e. The molecule has 1 aromatic heterocycles. The minimum atomic E-state index is -1.19. The van der Waals surface area contributed by atoms with Gasteiger partial charge in [0.1, 0.15) is 17.5 Å². The number of pyridine rings is 1. The van der Waals surface area contributed by atoms with Gasteiger partial charge in [0.15, 0.2) is 11.6 Å². The average molecular weight is 500 g/mol. The maximum atomic E-state index is 14.9. The van der Waals surface area contributed by atoms with Crippen LogP contribution in [0.5, 0.6) is 0 Å². The molecule has 0 bridgehead atoms. The highest BCUT2D eigenvalue weighted by atomic mass is 19.2. The predicted octanol–water partition coefficient (Wildman–Crippen LogP) is 5.23. The van der Waals surface area contributed by atoms with Gasteiger partial charge in [-0.15, -0.1) is 0 Å². The second-order valence-corrected chi connectivity index (χ2v) is 8.46. The molecule has 0 unspecified atom stereocenters. The van der Waals surface area contributed by atoms with Gasteiger partial charge in [-0.05, 0) is 47.3 Å². The molecule has 1 aliphatic heterocycles. The molecular formula is C26H17F5N2O3. The smallest absolute Gasteiger partial charge is 0.256 e. The van der Waals surface area contributed by atoms with E-state index >= 15 is 0 Å². The van der Waals surface area contributed by atoms with Crippen molar-refractivity contribution in [3.8, 4) is 11.1 Å². The number of aromatic amines is 1. The maximum absolute atomic E-state index is 14.9. The van der Waals surface area contributed by atoms with Crippen molar-refractivity contribution in [3.05, 3.63) is 105 Å². The number of H-pyrrole nitrogens is 1. The Bertz CT molecular complexity index is 1580. The van der Waals surface area contributed by atoms with Crippen molar-refractivity contribution in [1.82, 2.24) is 9.88 Å². The predicted molar refractivity (Wildman–Crippen MR) is 121 cm³/mol. The zero-order valence-electron chi connectivity index (χ0n) is 18.7. The Hall–Kier alpha value is -4.05. The molecule has 1 amide bonds. The van der Waals surface area contributed by atoms with Crippen LogP contribution in [-0.4, -0.2) is 29.4 Å². The molecule has 0 radical (unpaired) electrons. The van der Waals surface area contributed by atoms with Gasteiger partial charge in [-0.25, -0.2) is 22.0 Å². The van der Waals surface area contributed by atoms with E-state index in [4.69, 9.17) is 4.74 Å². The molecule has 184 valence electrons. The minimum absolute atomic E-state index is 0.00837. The van der Waals surface area contributed by atoms with E-state index in [2.05, 4.69) is 4.98 Å². The van der Waals surface area contributed by atoms with Gasteiger partial charge in [-0.2, -0.15) is 0 Å². The highest BCUT2D eigenvalue weighted by Gasteiger charge is 2.31. The number of fused-ring (bicyclic) bond motifs is 3. The Kier molecular flexibility index (Phi) is 5.83. The van der Waals surface area contributed by atoms with E-state index < -0.39 is 46.6 Å². The summed E-state index contributed by atoms with van der Waals surface area (Å²) in [5.74, 6) is -5.58. The summed E-state index contributed by atoms with van der Waals surface area (Å²) in [5, 5.41) is 0.0494. The second kappa shape index (κ2) is 8.87. The molecule has 5 rings (SSSR count). The van der Waals surface area contributed by atoms with Crippen molar-refractivity contribution >= 4 is 16.7 Å². The molecule has 1 N–H and O–H groups in total. The van der Waals surface area contributed by atoms with Gasteiger partial charge in [0, 0.05) is 35.5 Å². The zero-order valence-corrected chi connectivity index (χ0v) is 18.7. The topological polar surface area (TPSA) is 62.4 Å². The number of ether oxygens (including phenoxy) is 1. The highest BCUT2D eigenvalue weighted by molar-refractivity contribution is 5.95. The van der Waals surface area contributed by atoms with Crippen LogP contribution in [0.4, 0.5) is 22.0 Å². The number of rotatable bonds is 3. The summed E-state index contributed by atoms with van der Waals surface area (Å²) in [5.41, 5.74) is -0.125. The summed E-state index contributed by atoms with van der Waals surface area (Å²) < 4.78 is 75.4. The lowest BCUT2D eigenvalue weighted by Crippen LogP contribution is -2.37. The van der Waals surface area contributed by atoms with Gasteiger partial charge in [0.2, 0.25) is 0 Å². The molecule has 0 fully saturated rings. The van der Waals surface area contributed by atoms with Crippen LogP contribution in [-0.2, 0) is 11.3 Å². The van der Waals surface area contributed by atoms with Gasteiger partial charge < -0.3 is 14.6 Å². The maximum Gasteiger partial charge on any atom is 0.256 e. The molecule has 0 saturated carbocycles. The van der Waals surface area contributed by atoms with Crippen LogP contribution in [0.25, 0.3) is 21.9 Å². The van der Waals surface area contributed by atoms with Crippen LogP contribution in [0.2, 0.25) is 0 Å². The zero-order chi connectivity index (χ0) is 25.7. The first-order chi connectivity index (χ1) is 17.1. The average Bonchev–Trinajstić information content (AvgIpc) is 2.83. The van der Waals surface area contributed by atoms with Crippen molar-refractivity contribution in [2.45, 2.75) is 12.6 Å². The van der Waals surface area contributed by atoms with Crippen molar-refractivity contribution in [3.63, 3.8) is 0 Å². The largest absolute Gasteiger partial charge is 0.373 e. The molecule has 36 heavy (non-hydrogen) atoms. The first kappa shape index (κ1) is 23.7. The van der Waals surface area contributed by atoms with Crippen LogP contribution in [0.1, 0.15) is 27.7 Å². The van der Waals surface area contributed by atoms with Crippen LogP contribution < -0.4 is 5.56 Å². The lowest BCUT2D eigenvalue weighted by atomic mass is 9.95. The van der Waals surface area contributed by atoms with Gasteiger partial charge in [-0.3, -0.25) is 9.59 Å². The lowest BCUT2D eigenvalue weighted by Gasteiger charge is -2.34. The van der Waals surface area contributed by atoms with Gasteiger partial charge in [-0.1, -0.05) is 6.07 Å². The third-order valence-electron chi connectivity index (χ3n) is 6.22. The van der Waals surface area contributed by atoms with Crippen LogP contribution >= 0.6 is 0 Å². The molecule has 5 nitrogen and oxygen atoms in total. The SMILES string of the molecule is CN(C(=O)c1ccc(-c2cc(F)cc(F)c2)c(F)c1)[C@@H]1COCc2[nH]c(=O)c3cc(F)c(F)cc3c21. The number of nitrogens with zero attached hydrogens (tertiary/aromatic N) is 1. The molecular weight excluding hydrogens is 483 g/mol. The molecule has 2 heterocycles. The molecule has 0 aliphatic carbocycles. The number of likely N-dealkylation sites (N-methyl/N-ethyl adjacent to an activating group) is 1. The molecule has 0 spiro atoms. The first-order valence-corrected chi connectivity index (χ1v) is 10.8. The summed E-state index contributed by atoms with van der Waals surface area (Å²) in [7, 11) is 1.43. The van der Waals surface area contributed by atoms with Crippen molar-refractivity contribution in [2.75, 3.05) is 13.7 Å². The Balaban J connectivity index is 1.53. The Morgan fingerprint density at radius 1 is 0.917 bits per heavy atom. The number of nitrogens with one attached hydrogen (secondary N) is 1. The lowest BCUT2D eigenvalue weighted by molar-refractivity contribution is 0.0335.